The lowest BCUT2D eigenvalue weighted by Crippen LogP contribution is -2.46. The van der Waals surface area contributed by atoms with E-state index in [2.05, 4.69) is 51.9 Å². The fraction of sp³-hybridized carbons (Fsp3) is 1.00. The Labute approximate surface area is 103 Å². The van der Waals surface area contributed by atoms with Crippen LogP contribution in [0.15, 0.2) is 0 Å². The molecule has 0 fully saturated rings. The second kappa shape index (κ2) is 9.00. The average Bonchev–Trinajstić information content (AvgIpc) is 2.26. The number of nitrogens with one attached hydrogen (secondary N) is 1. The quantitative estimate of drug-likeness (QED) is 0.610. The average molecular weight is 228 g/mol. The summed E-state index contributed by atoms with van der Waals surface area (Å²) in [5.74, 6) is 0.732. The number of likely N-dealkylation sites (N-methyl/N-ethyl adjacent to an activating group) is 1. The highest BCUT2D eigenvalue weighted by Crippen LogP contribution is 2.14. The van der Waals surface area contributed by atoms with Crippen molar-refractivity contribution in [3.05, 3.63) is 0 Å². The van der Waals surface area contributed by atoms with E-state index in [0.717, 1.165) is 19.0 Å². The Bertz CT molecular complexity index is 157. The Morgan fingerprint density at radius 1 is 1.06 bits per heavy atom. The molecule has 0 aliphatic carbocycles. The minimum Gasteiger partial charge on any atom is -0.315 e. The number of nitrogens with zero attached hydrogens (tertiary/aromatic N) is 1. The molecule has 0 aromatic rings. The summed E-state index contributed by atoms with van der Waals surface area (Å²) >= 11 is 0. The van der Waals surface area contributed by atoms with E-state index >= 15 is 0 Å². The lowest BCUT2D eigenvalue weighted by atomic mass is 10.0. The molecule has 1 N–H and O–H groups in total. The first-order valence-corrected chi connectivity index (χ1v) is 6.97. The van der Waals surface area contributed by atoms with Gasteiger partial charge < -0.3 is 5.32 Å². The molecule has 0 saturated heterocycles. The molecular weight excluding hydrogens is 196 g/mol. The summed E-state index contributed by atoms with van der Waals surface area (Å²) in [6.45, 7) is 13.7. The van der Waals surface area contributed by atoms with Gasteiger partial charge in [0.2, 0.25) is 0 Å². The van der Waals surface area contributed by atoms with Gasteiger partial charge >= 0.3 is 0 Å². The third-order valence-electron chi connectivity index (χ3n) is 3.61. The van der Waals surface area contributed by atoms with Gasteiger partial charge in [0, 0.05) is 18.6 Å². The molecule has 2 atom stereocenters. The molecule has 0 aromatic heterocycles. The molecule has 0 aromatic carbocycles. The monoisotopic (exact) mass is 228 g/mol. The predicted octanol–water partition coefficient (Wildman–Crippen LogP) is 3.13. The molecule has 0 aliphatic heterocycles. The summed E-state index contributed by atoms with van der Waals surface area (Å²) in [5, 5.41) is 3.55. The van der Waals surface area contributed by atoms with Crippen molar-refractivity contribution in [2.45, 2.75) is 66.0 Å². The molecule has 0 rings (SSSR count). The van der Waals surface area contributed by atoms with Crippen molar-refractivity contribution in [3.8, 4) is 0 Å². The topological polar surface area (TPSA) is 15.3 Å². The van der Waals surface area contributed by atoms with E-state index in [1.165, 1.54) is 19.3 Å². The van der Waals surface area contributed by atoms with Crippen LogP contribution in [0.3, 0.4) is 0 Å². The Hall–Kier alpha value is -0.0800. The minimum absolute atomic E-state index is 0.667. The van der Waals surface area contributed by atoms with Gasteiger partial charge in [-0.3, -0.25) is 4.90 Å². The third-order valence-corrected chi connectivity index (χ3v) is 3.61. The van der Waals surface area contributed by atoms with Crippen molar-refractivity contribution < 1.29 is 0 Å². The minimum atomic E-state index is 0.667. The highest BCUT2D eigenvalue weighted by Gasteiger charge is 2.20. The molecule has 0 bridgehead atoms. The molecule has 16 heavy (non-hydrogen) atoms. The zero-order valence-corrected chi connectivity index (χ0v) is 12.2. The Kier molecular flexibility index (Phi) is 8.96. The number of rotatable bonds is 9. The number of hydrogen-bond acceptors (Lipinski definition) is 2. The second-order valence-corrected chi connectivity index (χ2v) is 5.30. The van der Waals surface area contributed by atoms with E-state index in [9.17, 15) is 0 Å². The summed E-state index contributed by atoms with van der Waals surface area (Å²) in [7, 11) is 2.28. The van der Waals surface area contributed by atoms with Crippen molar-refractivity contribution in [1.29, 1.82) is 0 Å². The van der Waals surface area contributed by atoms with E-state index in [0.29, 0.717) is 12.1 Å². The van der Waals surface area contributed by atoms with Crippen LogP contribution < -0.4 is 5.32 Å². The van der Waals surface area contributed by atoms with Crippen molar-refractivity contribution in [2.24, 2.45) is 5.92 Å². The van der Waals surface area contributed by atoms with Crippen LogP contribution in [0, 0.1) is 5.92 Å². The Morgan fingerprint density at radius 3 is 2.12 bits per heavy atom. The summed E-state index contributed by atoms with van der Waals surface area (Å²) in [6.07, 6.45) is 3.79. The zero-order chi connectivity index (χ0) is 12.6. The van der Waals surface area contributed by atoms with E-state index in [-0.39, 0.29) is 0 Å². The van der Waals surface area contributed by atoms with Gasteiger partial charge in [-0.25, -0.2) is 0 Å². The van der Waals surface area contributed by atoms with E-state index in [1.807, 2.05) is 0 Å². The SMILES string of the molecule is CCCNCC(CCC)N(C)C(C)C(C)C. The predicted molar refractivity (Wildman–Crippen MR) is 73.9 cm³/mol. The Morgan fingerprint density at radius 2 is 1.69 bits per heavy atom. The van der Waals surface area contributed by atoms with Gasteiger partial charge in [-0.15, -0.1) is 0 Å². The summed E-state index contributed by atoms with van der Waals surface area (Å²) in [6, 6.07) is 1.36. The highest BCUT2D eigenvalue weighted by molar-refractivity contribution is 4.77. The van der Waals surface area contributed by atoms with Crippen LogP contribution in [0.2, 0.25) is 0 Å². The van der Waals surface area contributed by atoms with Gasteiger partial charge in [0.05, 0.1) is 0 Å². The van der Waals surface area contributed by atoms with E-state index < -0.39 is 0 Å². The van der Waals surface area contributed by atoms with Crippen molar-refractivity contribution in [3.63, 3.8) is 0 Å². The molecule has 2 unspecified atom stereocenters. The van der Waals surface area contributed by atoms with Crippen LogP contribution in [0.25, 0.3) is 0 Å². The standard InChI is InChI=1S/C14H32N2/c1-7-9-14(11-15-10-8-2)16(6)13(5)12(3)4/h12-15H,7-11H2,1-6H3. The summed E-state index contributed by atoms with van der Waals surface area (Å²) in [5.41, 5.74) is 0. The van der Waals surface area contributed by atoms with Gasteiger partial charge in [0.15, 0.2) is 0 Å². The third kappa shape index (κ3) is 5.86. The maximum absolute atomic E-state index is 3.55. The normalized spacial score (nSPS) is 15.8. The molecule has 0 spiro atoms. The summed E-state index contributed by atoms with van der Waals surface area (Å²) in [4.78, 5) is 2.55. The molecule has 0 amide bonds. The maximum atomic E-state index is 3.55. The Balaban J connectivity index is 4.16. The zero-order valence-electron chi connectivity index (χ0n) is 12.2. The van der Waals surface area contributed by atoms with Crippen LogP contribution in [-0.2, 0) is 0 Å². The second-order valence-electron chi connectivity index (χ2n) is 5.30. The molecule has 98 valence electrons. The highest BCUT2D eigenvalue weighted by atomic mass is 15.2. The molecule has 0 radical (unpaired) electrons. The molecular formula is C14H32N2. The van der Waals surface area contributed by atoms with Gasteiger partial charge in [-0.2, -0.15) is 0 Å². The lowest BCUT2D eigenvalue weighted by Gasteiger charge is -2.35. The first-order chi connectivity index (χ1) is 7.54. The number of hydrogen-bond donors (Lipinski definition) is 1. The van der Waals surface area contributed by atoms with Crippen LogP contribution >= 0.6 is 0 Å². The van der Waals surface area contributed by atoms with Crippen molar-refractivity contribution in [1.82, 2.24) is 10.2 Å². The maximum Gasteiger partial charge on any atom is 0.0220 e. The van der Waals surface area contributed by atoms with Gasteiger partial charge in [0.1, 0.15) is 0 Å². The molecule has 2 heteroatoms. The first-order valence-electron chi connectivity index (χ1n) is 6.97. The van der Waals surface area contributed by atoms with Gasteiger partial charge in [0.25, 0.3) is 0 Å². The van der Waals surface area contributed by atoms with E-state index in [1.54, 1.807) is 0 Å². The van der Waals surface area contributed by atoms with Crippen LogP contribution in [0.4, 0.5) is 0 Å². The largest absolute Gasteiger partial charge is 0.315 e. The molecule has 0 saturated carbocycles. The molecule has 2 nitrogen and oxygen atoms in total. The van der Waals surface area contributed by atoms with Crippen molar-refractivity contribution >= 4 is 0 Å². The summed E-state index contributed by atoms with van der Waals surface area (Å²) < 4.78 is 0. The smallest absolute Gasteiger partial charge is 0.0220 e. The first kappa shape index (κ1) is 15.9. The van der Waals surface area contributed by atoms with E-state index in [4.69, 9.17) is 0 Å². The van der Waals surface area contributed by atoms with Crippen molar-refractivity contribution in [2.75, 3.05) is 20.1 Å². The van der Waals surface area contributed by atoms with Crippen LogP contribution in [0.5, 0.6) is 0 Å². The van der Waals surface area contributed by atoms with Gasteiger partial charge in [-0.05, 0) is 39.3 Å². The van der Waals surface area contributed by atoms with Crippen LogP contribution in [-0.4, -0.2) is 37.1 Å². The van der Waals surface area contributed by atoms with Crippen LogP contribution in [0.1, 0.15) is 53.9 Å². The lowest BCUT2D eigenvalue weighted by molar-refractivity contribution is 0.138. The fourth-order valence-corrected chi connectivity index (χ4v) is 2.03. The molecule has 0 aliphatic rings. The molecule has 0 heterocycles. The fourth-order valence-electron chi connectivity index (χ4n) is 2.03. The van der Waals surface area contributed by atoms with Gasteiger partial charge in [-0.1, -0.05) is 34.1 Å².